The van der Waals surface area contributed by atoms with Crippen LogP contribution < -0.4 is 5.32 Å². The number of aryl methyl sites for hydroxylation is 1. The largest absolute Gasteiger partial charge is 0.479 e. The monoisotopic (exact) mass is 271 g/mol. The van der Waals surface area contributed by atoms with Crippen LogP contribution in [0.3, 0.4) is 0 Å². The van der Waals surface area contributed by atoms with E-state index in [9.17, 15) is 9.59 Å². The van der Waals surface area contributed by atoms with Gasteiger partial charge in [-0.15, -0.1) is 0 Å². The number of carbonyl (C=O) groups is 2. The standard InChI is InChI=1S/C12H14ClNO4/c1-7-2-3-8(9(13)6-7)11(16)14-5-4-10(15)12(17)18/h2-3,6,10,15H,4-5H2,1H3,(H,14,16)(H,17,18)/t10-/m0/s1. The molecule has 0 aromatic heterocycles. The SMILES string of the molecule is Cc1ccc(C(=O)NCC[C@H](O)C(=O)O)c(Cl)c1. The number of carboxylic acid groups (broad SMARTS) is 1. The van der Waals surface area contributed by atoms with Crippen LogP contribution in [0.25, 0.3) is 0 Å². The fraction of sp³-hybridized carbons (Fsp3) is 0.333. The molecule has 0 saturated carbocycles. The average Bonchev–Trinajstić information content (AvgIpc) is 2.28. The maximum Gasteiger partial charge on any atom is 0.332 e. The van der Waals surface area contributed by atoms with Gasteiger partial charge in [0.15, 0.2) is 6.10 Å². The van der Waals surface area contributed by atoms with E-state index in [4.69, 9.17) is 21.8 Å². The maximum absolute atomic E-state index is 11.7. The van der Waals surface area contributed by atoms with Crippen molar-refractivity contribution in [2.45, 2.75) is 19.4 Å². The summed E-state index contributed by atoms with van der Waals surface area (Å²) in [6, 6.07) is 5.02. The topological polar surface area (TPSA) is 86.6 Å². The summed E-state index contributed by atoms with van der Waals surface area (Å²) in [6.07, 6.45) is -1.52. The zero-order valence-electron chi connectivity index (χ0n) is 9.81. The number of hydrogen-bond donors (Lipinski definition) is 3. The first-order valence-electron chi connectivity index (χ1n) is 5.37. The Hall–Kier alpha value is -1.59. The summed E-state index contributed by atoms with van der Waals surface area (Å²) >= 11 is 5.91. The lowest BCUT2D eigenvalue weighted by Gasteiger charge is -2.08. The van der Waals surface area contributed by atoms with Crippen LogP contribution >= 0.6 is 11.6 Å². The highest BCUT2D eigenvalue weighted by Crippen LogP contribution is 2.17. The van der Waals surface area contributed by atoms with Gasteiger partial charge in [0.25, 0.3) is 5.91 Å². The first kappa shape index (κ1) is 14.5. The van der Waals surface area contributed by atoms with Gasteiger partial charge in [-0.05, 0) is 24.6 Å². The molecule has 0 aliphatic rings. The Morgan fingerprint density at radius 1 is 1.44 bits per heavy atom. The second-order valence-electron chi connectivity index (χ2n) is 3.88. The number of benzene rings is 1. The van der Waals surface area contributed by atoms with Gasteiger partial charge in [-0.2, -0.15) is 0 Å². The first-order chi connectivity index (χ1) is 8.41. The molecule has 0 spiro atoms. The molecule has 18 heavy (non-hydrogen) atoms. The van der Waals surface area contributed by atoms with Gasteiger partial charge < -0.3 is 15.5 Å². The van der Waals surface area contributed by atoms with E-state index in [0.29, 0.717) is 10.6 Å². The van der Waals surface area contributed by atoms with Crippen LogP contribution in [0.4, 0.5) is 0 Å². The number of aliphatic hydroxyl groups excluding tert-OH is 1. The van der Waals surface area contributed by atoms with E-state index in [2.05, 4.69) is 5.32 Å². The van der Waals surface area contributed by atoms with E-state index in [1.54, 1.807) is 18.2 Å². The first-order valence-corrected chi connectivity index (χ1v) is 5.75. The van der Waals surface area contributed by atoms with E-state index in [1.165, 1.54) is 0 Å². The van der Waals surface area contributed by atoms with E-state index in [1.807, 2.05) is 6.92 Å². The van der Waals surface area contributed by atoms with Crippen LogP contribution in [0.15, 0.2) is 18.2 Å². The quantitative estimate of drug-likeness (QED) is 0.751. The Labute approximate surface area is 109 Å². The van der Waals surface area contributed by atoms with Crippen LogP contribution in [0.1, 0.15) is 22.3 Å². The summed E-state index contributed by atoms with van der Waals surface area (Å²) in [5.74, 6) is -1.70. The van der Waals surface area contributed by atoms with Crippen molar-refractivity contribution in [3.8, 4) is 0 Å². The molecule has 0 unspecified atom stereocenters. The van der Waals surface area contributed by atoms with Crippen LogP contribution in [-0.4, -0.2) is 34.7 Å². The summed E-state index contributed by atoms with van der Waals surface area (Å²) in [5.41, 5.74) is 1.27. The number of aliphatic hydroxyl groups is 1. The van der Waals surface area contributed by atoms with Gasteiger partial charge >= 0.3 is 5.97 Å². The summed E-state index contributed by atoms with van der Waals surface area (Å²) in [7, 11) is 0. The molecule has 3 N–H and O–H groups in total. The van der Waals surface area contributed by atoms with Crippen molar-refractivity contribution < 1.29 is 19.8 Å². The molecule has 0 heterocycles. The van der Waals surface area contributed by atoms with Crippen molar-refractivity contribution in [1.29, 1.82) is 0 Å². The normalized spacial score (nSPS) is 11.9. The minimum absolute atomic E-state index is 0.0510. The molecule has 1 amide bonds. The summed E-state index contributed by atoms with van der Waals surface area (Å²) < 4.78 is 0. The maximum atomic E-state index is 11.7. The molecule has 0 saturated heterocycles. The third kappa shape index (κ3) is 4.01. The Balaban J connectivity index is 2.53. The number of aliphatic carboxylic acids is 1. The fourth-order valence-electron chi connectivity index (χ4n) is 1.35. The Bertz CT molecular complexity index is 461. The fourth-order valence-corrected chi connectivity index (χ4v) is 1.67. The molecule has 0 bridgehead atoms. The number of rotatable bonds is 5. The van der Waals surface area contributed by atoms with E-state index < -0.39 is 18.0 Å². The minimum Gasteiger partial charge on any atom is -0.479 e. The van der Waals surface area contributed by atoms with Crippen molar-refractivity contribution in [1.82, 2.24) is 5.32 Å². The molecule has 1 aromatic carbocycles. The number of nitrogens with one attached hydrogen (secondary N) is 1. The summed E-state index contributed by atoms with van der Waals surface area (Å²) in [6.45, 7) is 1.92. The Morgan fingerprint density at radius 2 is 2.11 bits per heavy atom. The highest BCUT2D eigenvalue weighted by atomic mass is 35.5. The lowest BCUT2D eigenvalue weighted by molar-refractivity contribution is -0.146. The number of halogens is 1. The molecule has 1 rings (SSSR count). The average molecular weight is 272 g/mol. The zero-order valence-corrected chi connectivity index (χ0v) is 10.6. The van der Waals surface area contributed by atoms with E-state index in [0.717, 1.165) is 5.56 Å². The van der Waals surface area contributed by atoms with Gasteiger partial charge in [-0.1, -0.05) is 17.7 Å². The Morgan fingerprint density at radius 3 is 2.67 bits per heavy atom. The summed E-state index contributed by atoms with van der Waals surface area (Å²) in [5, 5.41) is 20.3. The molecule has 0 radical (unpaired) electrons. The molecule has 0 aliphatic heterocycles. The minimum atomic E-state index is -1.47. The molecule has 0 aliphatic carbocycles. The molecule has 1 atom stereocenters. The Kier molecular flexibility index (Phi) is 5.12. The van der Waals surface area contributed by atoms with Crippen LogP contribution in [0, 0.1) is 6.92 Å². The molecule has 6 heteroatoms. The summed E-state index contributed by atoms with van der Waals surface area (Å²) in [4.78, 5) is 22.1. The number of carboxylic acids is 1. The molecule has 98 valence electrons. The highest BCUT2D eigenvalue weighted by Gasteiger charge is 2.14. The number of carbonyl (C=O) groups excluding carboxylic acids is 1. The molecule has 0 fully saturated rings. The van der Waals surface area contributed by atoms with Crippen molar-refractivity contribution in [3.05, 3.63) is 34.3 Å². The lowest BCUT2D eigenvalue weighted by Crippen LogP contribution is -2.30. The van der Waals surface area contributed by atoms with Gasteiger partial charge in [0.05, 0.1) is 10.6 Å². The highest BCUT2D eigenvalue weighted by molar-refractivity contribution is 6.33. The predicted molar refractivity (Wildman–Crippen MR) is 66.8 cm³/mol. The van der Waals surface area contributed by atoms with E-state index >= 15 is 0 Å². The van der Waals surface area contributed by atoms with Crippen molar-refractivity contribution in [2.24, 2.45) is 0 Å². The molecular weight excluding hydrogens is 258 g/mol. The van der Waals surface area contributed by atoms with E-state index in [-0.39, 0.29) is 13.0 Å². The third-order valence-electron chi connectivity index (χ3n) is 2.36. The van der Waals surface area contributed by atoms with Crippen molar-refractivity contribution in [2.75, 3.05) is 6.54 Å². The van der Waals surface area contributed by atoms with Crippen LogP contribution in [-0.2, 0) is 4.79 Å². The number of hydrogen-bond acceptors (Lipinski definition) is 3. The van der Waals surface area contributed by atoms with Crippen LogP contribution in [0.5, 0.6) is 0 Å². The second kappa shape index (κ2) is 6.37. The van der Waals surface area contributed by atoms with Gasteiger partial charge in [0.2, 0.25) is 0 Å². The van der Waals surface area contributed by atoms with Gasteiger partial charge in [0.1, 0.15) is 0 Å². The van der Waals surface area contributed by atoms with Crippen LogP contribution in [0.2, 0.25) is 5.02 Å². The smallest absolute Gasteiger partial charge is 0.332 e. The van der Waals surface area contributed by atoms with Crippen molar-refractivity contribution in [3.63, 3.8) is 0 Å². The van der Waals surface area contributed by atoms with Gasteiger partial charge in [-0.25, -0.2) is 4.79 Å². The van der Waals surface area contributed by atoms with Gasteiger partial charge in [0, 0.05) is 13.0 Å². The lowest BCUT2D eigenvalue weighted by atomic mass is 10.1. The number of amides is 1. The molecular formula is C12H14ClNO4. The molecule has 5 nitrogen and oxygen atoms in total. The zero-order chi connectivity index (χ0) is 13.7. The van der Waals surface area contributed by atoms with Crippen molar-refractivity contribution >= 4 is 23.5 Å². The molecule has 1 aromatic rings. The predicted octanol–water partition coefficient (Wildman–Crippen LogP) is 1.21. The third-order valence-corrected chi connectivity index (χ3v) is 2.67. The van der Waals surface area contributed by atoms with Gasteiger partial charge in [-0.3, -0.25) is 4.79 Å². The second-order valence-corrected chi connectivity index (χ2v) is 4.29.